The van der Waals surface area contributed by atoms with Crippen LogP contribution in [0.4, 0.5) is 0 Å². The van der Waals surface area contributed by atoms with Gasteiger partial charge in [0.15, 0.2) is 0 Å². The standard InChI is InChI=1S/C38H61N3O7/c1-10-26(4)34(40(7)37(45)29(25(2)3)21-32(42)38(6)23-48-24-38)31(46-8)22-33(43)41-20-14-17-30(41)35(47-9)27(5)36(44)39-19-18-28-15-12-11-13-16-28/h11-13,15-16,25-27,29-31,34-35H,10,14,17-24H2,1-9H3,(H,39,44)/t26-,27+,29-,30-,31+,34-,35+/m0/s1. The largest absolute Gasteiger partial charge is 0.379 e. The number of Topliss-reactive ketones (excluding diaryl/α,β-unsaturated/α-hetero) is 1. The molecule has 2 aliphatic rings. The van der Waals surface area contributed by atoms with Gasteiger partial charge in [0, 0.05) is 46.7 Å². The van der Waals surface area contributed by atoms with E-state index in [0.29, 0.717) is 26.3 Å². The number of benzene rings is 1. The second-order valence-corrected chi connectivity index (χ2v) is 14.6. The number of ketones is 1. The molecule has 270 valence electrons. The molecule has 0 aromatic heterocycles. The second-order valence-electron chi connectivity index (χ2n) is 14.6. The third kappa shape index (κ3) is 9.66. The van der Waals surface area contributed by atoms with Crippen LogP contribution in [0.25, 0.3) is 0 Å². The lowest BCUT2D eigenvalue weighted by Crippen LogP contribution is -2.54. The zero-order valence-corrected chi connectivity index (χ0v) is 30.8. The van der Waals surface area contributed by atoms with Gasteiger partial charge >= 0.3 is 0 Å². The lowest BCUT2D eigenvalue weighted by atomic mass is 9.77. The summed E-state index contributed by atoms with van der Waals surface area (Å²) in [6.45, 7) is 13.7. The minimum absolute atomic E-state index is 0.0393. The van der Waals surface area contributed by atoms with Crippen molar-refractivity contribution in [3.05, 3.63) is 35.9 Å². The van der Waals surface area contributed by atoms with E-state index in [1.165, 1.54) is 0 Å². The Morgan fingerprint density at radius 1 is 1.04 bits per heavy atom. The predicted molar refractivity (Wildman–Crippen MR) is 186 cm³/mol. The number of methoxy groups -OCH3 is 2. The molecule has 2 saturated heterocycles. The molecule has 0 unspecified atom stereocenters. The van der Waals surface area contributed by atoms with Crippen LogP contribution in [0.1, 0.15) is 79.2 Å². The van der Waals surface area contributed by atoms with Crippen molar-refractivity contribution >= 4 is 23.5 Å². The highest BCUT2D eigenvalue weighted by Gasteiger charge is 2.45. The molecule has 7 atom stereocenters. The van der Waals surface area contributed by atoms with Crippen molar-refractivity contribution in [3.8, 4) is 0 Å². The molecule has 0 aliphatic carbocycles. The smallest absolute Gasteiger partial charge is 0.226 e. The lowest BCUT2D eigenvalue weighted by molar-refractivity contribution is -0.160. The number of rotatable bonds is 19. The van der Waals surface area contributed by atoms with Crippen LogP contribution in [-0.4, -0.2) is 105 Å². The van der Waals surface area contributed by atoms with Crippen LogP contribution in [-0.2, 0) is 39.8 Å². The summed E-state index contributed by atoms with van der Waals surface area (Å²) < 4.78 is 17.2. The molecule has 3 amide bonds. The third-order valence-corrected chi connectivity index (χ3v) is 10.9. The van der Waals surface area contributed by atoms with Crippen LogP contribution in [0.3, 0.4) is 0 Å². The maximum atomic E-state index is 14.1. The van der Waals surface area contributed by atoms with E-state index in [1.807, 2.05) is 62.9 Å². The second kappa shape index (κ2) is 18.3. The molecule has 0 bridgehead atoms. The number of hydrogen-bond acceptors (Lipinski definition) is 7. The summed E-state index contributed by atoms with van der Waals surface area (Å²) in [6.07, 6.45) is 2.32. The van der Waals surface area contributed by atoms with Gasteiger partial charge in [-0.05, 0) is 43.6 Å². The zero-order chi connectivity index (χ0) is 35.6. The Morgan fingerprint density at radius 2 is 1.71 bits per heavy atom. The molecule has 0 saturated carbocycles. The molecular weight excluding hydrogens is 610 g/mol. The number of hydrogen-bond donors (Lipinski definition) is 1. The van der Waals surface area contributed by atoms with E-state index < -0.39 is 29.5 Å². The van der Waals surface area contributed by atoms with Gasteiger partial charge in [-0.3, -0.25) is 19.2 Å². The summed E-state index contributed by atoms with van der Waals surface area (Å²) in [5, 5.41) is 3.05. The van der Waals surface area contributed by atoms with Crippen LogP contribution >= 0.6 is 0 Å². The van der Waals surface area contributed by atoms with E-state index in [4.69, 9.17) is 14.2 Å². The highest BCUT2D eigenvalue weighted by atomic mass is 16.5. The van der Waals surface area contributed by atoms with Crippen molar-refractivity contribution in [2.75, 3.05) is 47.6 Å². The van der Waals surface area contributed by atoms with E-state index in [-0.39, 0.29) is 60.3 Å². The summed E-state index contributed by atoms with van der Waals surface area (Å²) in [5.74, 6) is -1.16. The van der Waals surface area contributed by atoms with E-state index in [0.717, 1.165) is 31.2 Å². The van der Waals surface area contributed by atoms with Crippen molar-refractivity contribution in [1.82, 2.24) is 15.1 Å². The van der Waals surface area contributed by atoms with Crippen LogP contribution in [0.15, 0.2) is 30.3 Å². The predicted octanol–water partition coefficient (Wildman–Crippen LogP) is 4.53. The molecule has 1 aromatic rings. The summed E-state index contributed by atoms with van der Waals surface area (Å²) in [6, 6.07) is 9.40. The molecule has 2 fully saturated rings. The van der Waals surface area contributed by atoms with E-state index in [1.54, 1.807) is 26.2 Å². The number of carbonyl (C=O) groups is 4. The minimum Gasteiger partial charge on any atom is -0.379 e. The van der Waals surface area contributed by atoms with Crippen molar-refractivity contribution in [2.45, 2.75) is 104 Å². The Hall–Kier alpha value is -2.82. The fraction of sp³-hybridized carbons (Fsp3) is 0.737. The Kier molecular flexibility index (Phi) is 15.1. The topological polar surface area (TPSA) is 114 Å². The first-order valence-corrected chi connectivity index (χ1v) is 17.8. The molecule has 0 spiro atoms. The number of ether oxygens (including phenoxy) is 3. The summed E-state index contributed by atoms with van der Waals surface area (Å²) >= 11 is 0. The first kappa shape index (κ1) is 39.6. The number of nitrogens with one attached hydrogen (secondary N) is 1. The van der Waals surface area contributed by atoms with Gasteiger partial charge in [0.25, 0.3) is 0 Å². The SMILES string of the molecule is CC[C@H](C)[C@@H]([C@@H](CC(=O)N1CCC[C@H]1[C@H](OC)[C@@H](C)C(=O)NCCc1ccccc1)OC)N(C)C(=O)[C@@H](CC(=O)C1(C)COC1)C(C)C. The van der Waals surface area contributed by atoms with Crippen molar-refractivity contribution in [1.29, 1.82) is 0 Å². The van der Waals surface area contributed by atoms with E-state index in [2.05, 4.69) is 19.2 Å². The molecule has 0 radical (unpaired) electrons. The molecule has 10 heteroatoms. The van der Waals surface area contributed by atoms with Crippen LogP contribution in [0, 0.1) is 29.1 Å². The summed E-state index contributed by atoms with van der Waals surface area (Å²) in [5.41, 5.74) is 0.624. The summed E-state index contributed by atoms with van der Waals surface area (Å²) in [4.78, 5) is 58.1. The van der Waals surface area contributed by atoms with Gasteiger partial charge in [-0.15, -0.1) is 0 Å². The van der Waals surface area contributed by atoms with Crippen molar-refractivity contribution in [3.63, 3.8) is 0 Å². The Morgan fingerprint density at radius 3 is 2.25 bits per heavy atom. The zero-order valence-electron chi connectivity index (χ0n) is 30.8. The first-order chi connectivity index (χ1) is 22.8. The fourth-order valence-electron chi connectivity index (χ4n) is 7.33. The molecule has 2 aliphatic heterocycles. The van der Waals surface area contributed by atoms with Crippen LogP contribution in [0.2, 0.25) is 0 Å². The summed E-state index contributed by atoms with van der Waals surface area (Å²) in [7, 11) is 4.97. The molecule has 1 N–H and O–H groups in total. The number of likely N-dealkylation sites (N-methyl/N-ethyl adjacent to an activating group) is 1. The van der Waals surface area contributed by atoms with Crippen molar-refractivity contribution < 1.29 is 33.4 Å². The molecule has 1 aromatic carbocycles. The highest BCUT2D eigenvalue weighted by Crippen LogP contribution is 2.34. The average Bonchev–Trinajstić information content (AvgIpc) is 3.55. The Bertz CT molecular complexity index is 1200. The molecule has 3 rings (SSSR count). The van der Waals surface area contributed by atoms with Gasteiger partial charge in [0.1, 0.15) is 5.78 Å². The van der Waals surface area contributed by atoms with Crippen LogP contribution in [0.5, 0.6) is 0 Å². The normalized spacial score (nSPS) is 21.0. The molecular formula is C38H61N3O7. The minimum atomic E-state index is -0.552. The Balaban J connectivity index is 1.71. The first-order valence-electron chi connectivity index (χ1n) is 17.8. The van der Waals surface area contributed by atoms with Gasteiger partial charge in [0.2, 0.25) is 17.7 Å². The average molecular weight is 672 g/mol. The highest BCUT2D eigenvalue weighted by molar-refractivity contribution is 5.91. The van der Waals surface area contributed by atoms with Gasteiger partial charge in [-0.2, -0.15) is 0 Å². The van der Waals surface area contributed by atoms with Gasteiger partial charge in [-0.1, -0.05) is 71.4 Å². The number of carbonyl (C=O) groups excluding carboxylic acids is 4. The monoisotopic (exact) mass is 671 g/mol. The molecule has 2 heterocycles. The number of amides is 3. The molecule has 48 heavy (non-hydrogen) atoms. The van der Waals surface area contributed by atoms with E-state index >= 15 is 0 Å². The number of nitrogens with zero attached hydrogens (tertiary/aromatic N) is 2. The van der Waals surface area contributed by atoms with Gasteiger partial charge < -0.3 is 29.3 Å². The Labute approximate surface area is 288 Å². The fourth-order valence-corrected chi connectivity index (χ4v) is 7.33. The maximum Gasteiger partial charge on any atom is 0.226 e. The lowest BCUT2D eigenvalue weighted by Gasteiger charge is -2.41. The van der Waals surface area contributed by atoms with Gasteiger partial charge in [-0.25, -0.2) is 0 Å². The van der Waals surface area contributed by atoms with Gasteiger partial charge in [0.05, 0.1) is 55.3 Å². The number of likely N-dealkylation sites (tertiary alicyclic amines) is 1. The van der Waals surface area contributed by atoms with Crippen LogP contribution < -0.4 is 5.32 Å². The van der Waals surface area contributed by atoms with E-state index in [9.17, 15) is 19.2 Å². The maximum absolute atomic E-state index is 14.1. The van der Waals surface area contributed by atoms with Crippen molar-refractivity contribution in [2.24, 2.45) is 29.1 Å². The molecule has 10 nitrogen and oxygen atoms in total. The quantitative estimate of drug-likeness (QED) is 0.230. The third-order valence-electron chi connectivity index (χ3n) is 10.9.